The van der Waals surface area contributed by atoms with Gasteiger partial charge in [0, 0.05) is 5.75 Å². The lowest BCUT2D eigenvalue weighted by atomic mass is 11.0. The fraction of sp³-hybridized carbons (Fsp3) is 1.00. The normalized spacial score (nSPS) is 14.3. The van der Waals surface area contributed by atoms with E-state index in [9.17, 15) is 0 Å². The molecule has 0 aliphatic carbocycles. The highest BCUT2D eigenvalue weighted by Gasteiger charge is 1.78. The van der Waals surface area contributed by atoms with E-state index >= 15 is 0 Å². The topological polar surface area (TPSA) is 0 Å². The fourth-order valence-corrected chi connectivity index (χ4v) is 1.06. The summed E-state index contributed by atoms with van der Waals surface area (Å²) in [6.45, 7) is 2.12. The molecular formula is C3H8S3. The summed E-state index contributed by atoms with van der Waals surface area (Å²) in [7, 11) is 1.98. The Labute approximate surface area is 49.7 Å². The first-order valence-electron chi connectivity index (χ1n) is 1.74. The summed E-state index contributed by atoms with van der Waals surface area (Å²) in [6.07, 6.45) is 2.06. The molecule has 0 N–H and O–H groups in total. The summed E-state index contributed by atoms with van der Waals surface area (Å²) < 4.78 is 0. The van der Waals surface area contributed by atoms with Gasteiger partial charge in [-0.2, -0.15) is 0 Å². The Morgan fingerprint density at radius 1 is 1.83 bits per heavy atom. The summed E-state index contributed by atoms with van der Waals surface area (Å²) in [5, 5.41) is 0. The average molecular weight is 140 g/mol. The van der Waals surface area contributed by atoms with Crippen LogP contribution in [-0.2, 0) is 19.7 Å². The van der Waals surface area contributed by atoms with Gasteiger partial charge in [0.15, 0.2) is 0 Å². The van der Waals surface area contributed by atoms with Gasteiger partial charge in [0.2, 0.25) is 0 Å². The first kappa shape index (κ1) is 6.92. The highest BCUT2D eigenvalue weighted by atomic mass is 33.3. The minimum Gasteiger partial charge on any atom is -0.0933 e. The number of hydrogen-bond acceptors (Lipinski definition) is 2. The molecule has 3 heteroatoms. The lowest BCUT2D eigenvalue weighted by Crippen LogP contribution is -1.78. The maximum absolute atomic E-state index is 4.93. The Kier molecular flexibility index (Phi) is 4.72. The number of rotatable bonds is 2. The van der Waals surface area contributed by atoms with Gasteiger partial charge < -0.3 is 0 Å². The van der Waals surface area contributed by atoms with Crippen LogP contribution in [0.3, 0.4) is 0 Å². The molecule has 0 nitrogen and oxygen atoms in total. The van der Waals surface area contributed by atoms with Crippen molar-refractivity contribution in [3.8, 4) is 0 Å². The van der Waals surface area contributed by atoms with E-state index in [0.29, 0.717) is 0 Å². The predicted molar refractivity (Wildman–Crippen MR) is 38.8 cm³/mol. The molecule has 0 saturated heterocycles. The first-order valence-corrected chi connectivity index (χ1v) is 5.80. The van der Waals surface area contributed by atoms with Gasteiger partial charge in [-0.1, -0.05) is 26.2 Å². The van der Waals surface area contributed by atoms with Crippen LogP contribution >= 0.6 is 10.8 Å². The molecule has 1 atom stereocenters. The summed E-state index contributed by atoms with van der Waals surface area (Å²) in [5.74, 6) is 1.14. The highest BCUT2D eigenvalue weighted by molar-refractivity contribution is 8.82. The van der Waals surface area contributed by atoms with Crippen LogP contribution < -0.4 is 0 Å². The molecule has 0 heterocycles. The van der Waals surface area contributed by atoms with Crippen molar-refractivity contribution in [2.24, 2.45) is 0 Å². The van der Waals surface area contributed by atoms with Gasteiger partial charge in [0.1, 0.15) is 0 Å². The fourth-order valence-electron chi connectivity index (χ4n) is 0.118. The van der Waals surface area contributed by atoms with E-state index in [-0.39, 0.29) is 8.49 Å². The van der Waals surface area contributed by atoms with E-state index in [2.05, 4.69) is 13.2 Å². The van der Waals surface area contributed by atoms with Gasteiger partial charge in [-0.15, -0.1) is 0 Å². The minimum absolute atomic E-state index is 0.216. The summed E-state index contributed by atoms with van der Waals surface area (Å²) in [5.41, 5.74) is 0. The molecule has 0 aromatic rings. The molecule has 0 aromatic heterocycles. The van der Waals surface area contributed by atoms with E-state index in [0.717, 1.165) is 5.75 Å². The third kappa shape index (κ3) is 3.12. The standard InChI is InChI=1S/C3H8S3/c1-3-6(4)5-2/h3H2,1-2H3. The van der Waals surface area contributed by atoms with E-state index in [4.69, 9.17) is 11.2 Å². The summed E-state index contributed by atoms with van der Waals surface area (Å²) in [4.78, 5) is 0. The molecule has 0 fully saturated rings. The first-order chi connectivity index (χ1) is 2.81. The van der Waals surface area contributed by atoms with Crippen molar-refractivity contribution in [2.45, 2.75) is 6.92 Å². The van der Waals surface area contributed by atoms with Crippen molar-refractivity contribution in [1.29, 1.82) is 0 Å². The SMILES string of the molecule is CCS(=S)SC. The Bertz CT molecular complexity index is 44.0. The van der Waals surface area contributed by atoms with Gasteiger partial charge >= 0.3 is 0 Å². The molecule has 0 radical (unpaired) electrons. The van der Waals surface area contributed by atoms with Crippen molar-refractivity contribution in [1.82, 2.24) is 0 Å². The van der Waals surface area contributed by atoms with Crippen LogP contribution in [0.1, 0.15) is 6.92 Å². The molecule has 0 spiro atoms. The van der Waals surface area contributed by atoms with Crippen molar-refractivity contribution < 1.29 is 0 Å². The van der Waals surface area contributed by atoms with Crippen molar-refractivity contribution in [3.63, 3.8) is 0 Å². The van der Waals surface area contributed by atoms with E-state index < -0.39 is 0 Å². The summed E-state index contributed by atoms with van der Waals surface area (Å²) in [6, 6.07) is 0. The Hall–Kier alpha value is 0.920. The van der Waals surface area contributed by atoms with Crippen LogP contribution in [0.25, 0.3) is 0 Å². The lowest BCUT2D eigenvalue weighted by molar-refractivity contribution is 1.54. The molecule has 0 aliphatic rings. The average Bonchev–Trinajstić information content (AvgIpc) is 1.65. The second-order valence-corrected chi connectivity index (χ2v) is 6.32. The van der Waals surface area contributed by atoms with Crippen LogP contribution in [0.15, 0.2) is 0 Å². The van der Waals surface area contributed by atoms with Crippen molar-refractivity contribution in [3.05, 3.63) is 0 Å². The molecular weight excluding hydrogens is 132 g/mol. The monoisotopic (exact) mass is 140 g/mol. The molecule has 0 aliphatic heterocycles. The smallest absolute Gasteiger partial charge is 0.00484 e. The molecule has 38 valence electrons. The van der Waals surface area contributed by atoms with Gasteiger partial charge in [-0.25, -0.2) is 0 Å². The van der Waals surface area contributed by atoms with E-state index in [1.54, 1.807) is 10.8 Å². The zero-order chi connectivity index (χ0) is 4.99. The lowest BCUT2D eigenvalue weighted by Gasteiger charge is -1.88. The van der Waals surface area contributed by atoms with Crippen LogP contribution in [-0.4, -0.2) is 12.0 Å². The highest BCUT2D eigenvalue weighted by Crippen LogP contribution is 1.99. The molecule has 0 rings (SSSR count). The van der Waals surface area contributed by atoms with Gasteiger partial charge in [-0.3, -0.25) is 0 Å². The molecule has 0 aromatic carbocycles. The van der Waals surface area contributed by atoms with Crippen LogP contribution in [0, 0.1) is 0 Å². The second-order valence-electron chi connectivity index (χ2n) is 0.759. The van der Waals surface area contributed by atoms with Gasteiger partial charge in [-0.05, 0) is 17.4 Å². The third-order valence-corrected chi connectivity index (χ3v) is 5.02. The maximum atomic E-state index is 4.93. The zero-order valence-electron chi connectivity index (χ0n) is 3.93. The maximum Gasteiger partial charge on any atom is 0.00484 e. The van der Waals surface area contributed by atoms with Crippen molar-refractivity contribution in [2.75, 3.05) is 12.0 Å². The van der Waals surface area contributed by atoms with Crippen LogP contribution in [0.2, 0.25) is 0 Å². The number of hydrogen-bond donors (Lipinski definition) is 0. The Balaban J connectivity index is 2.99. The molecule has 0 saturated carbocycles. The largest absolute Gasteiger partial charge is 0.0933 e. The molecule has 0 amide bonds. The van der Waals surface area contributed by atoms with E-state index in [1.807, 2.05) is 0 Å². The third-order valence-electron chi connectivity index (χ3n) is 0.422. The van der Waals surface area contributed by atoms with E-state index in [1.165, 1.54) is 0 Å². The van der Waals surface area contributed by atoms with Gasteiger partial charge in [0.25, 0.3) is 0 Å². The molecule has 6 heavy (non-hydrogen) atoms. The zero-order valence-corrected chi connectivity index (χ0v) is 6.38. The molecule has 1 unspecified atom stereocenters. The predicted octanol–water partition coefficient (Wildman–Crippen LogP) is 1.36. The van der Waals surface area contributed by atoms with Crippen molar-refractivity contribution >= 4 is 30.5 Å². The van der Waals surface area contributed by atoms with Gasteiger partial charge in [0.05, 0.1) is 0 Å². The summed E-state index contributed by atoms with van der Waals surface area (Å²) >= 11 is 4.93. The molecule has 0 bridgehead atoms. The second kappa shape index (κ2) is 4.09. The van der Waals surface area contributed by atoms with Crippen LogP contribution in [0.5, 0.6) is 0 Å². The van der Waals surface area contributed by atoms with Crippen LogP contribution in [0.4, 0.5) is 0 Å². The quantitative estimate of drug-likeness (QED) is 0.531. The Morgan fingerprint density at radius 3 is 2.33 bits per heavy atom. The minimum atomic E-state index is 0.216. The Morgan fingerprint density at radius 2 is 2.33 bits per heavy atom.